The molecule has 0 rings (SSSR count). The minimum atomic E-state index is -1.27. The second kappa shape index (κ2) is 4.68. The fraction of sp³-hybridized carbons (Fsp3) is 0.400. The molecule has 0 aliphatic rings. The van der Waals surface area contributed by atoms with Gasteiger partial charge in [-0.15, -0.1) is 11.6 Å². The molecule has 0 aromatic carbocycles. The highest BCUT2D eigenvalue weighted by Crippen LogP contribution is 1.91. The van der Waals surface area contributed by atoms with Crippen LogP contribution in [0.3, 0.4) is 0 Å². The molecule has 0 aliphatic carbocycles. The van der Waals surface area contributed by atoms with Crippen LogP contribution in [0.15, 0.2) is 5.16 Å². The van der Waals surface area contributed by atoms with E-state index in [9.17, 15) is 9.59 Å². The lowest BCUT2D eigenvalue weighted by atomic mass is 10.5. The molecule has 62 valence electrons. The fourth-order valence-electron chi connectivity index (χ4n) is 0.222. The summed E-state index contributed by atoms with van der Waals surface area (Å²) in [7, 11) is 0. The third kappa shape index (κ3) is 5.35. The molecule has 1 atom stereocenters. The van der Waals surface area contributed by atoms with E-state index in [0.717, 1.165) is 13.1 Å². The minimum Gasteiger partial charge on any atom is -0.480 e. The molecule has 0 aliphatic heterocycles. The van der Waals surface area contributed by atoms with Crippen LogP contribution in [-0.2, 0) is 14.4 Å². The van der Waals surface area contributed by atoms with Crippen molar-refractivity contribution >= 4 is 29.8 Å². The van der Waals surface area contributed by atoms with Crippen LogP contribution in [0.25, 0.3) is 0 Å². The van der Waals surface area contributed by atoms with Gasteiger partial charge in [0, 0.05) is 6.92 Å². The van der Waals surface area contributed by atoms with Crippen LogP contribution in [0.2, 0.25) is 0 Å². The van der Waals surface area contributed by atoms with Gasteiger partial charge in [0.05, 0.1) is 6.21 Å². The Balaban J connectivity index is 3.74. The van der Waals surface area contributed by atoms with Gasteiger partial charge in [-0.1, -0.05) is 5.16 Å². The number of hydrogen-bond acceptors (Lipinski definition) is 4. The highest BCUT2D eigenvalue weighted by atomic mass is 35.5. The molecule has 0 saturated heterocycles. The number of carbonyl (C=O) groups is 2. The van der Waals surface area contributed by atoms with Gasteiger partial charge in [0.15, 0.2) is 5.38 Å². The molecule has 0 radical (unpaired) electrons. The molecule has 6 heteroatoms. The maximum atomic E-state index is 10.1. The van der Waals surface area contributed by atoms with Crippen molar-refractivity contribution in [3.63, 3.8) is 0 Å². The standard InChI is InChI=1S/C5H6ClNO4/c1-3(8)11-7-2-4(6)5(9)10/h2,4H,1H3,(H,9,10)/b7-2+. The van der Waals surface area contributed by atoms with Crippen LogP contribution in [0.4, 0.5) is 0 Å². The number of oxime groups is 1. The Morgan fingerprint density at radius 1 is 1.73 bits per heavy atom. The zero-order valence-corrected chi connectivity index (χ0v) is 6.41. The van der Waals surface area contributed by atoms with Crippen LogP contribution in [-0.4, -0.2) is 28.6 Å². The SMILES string of the molecule is CC(=O)O/N=C/C(Cl)C(=O)O. The predicted molar refractivity (Wildman–Crippen MR) is 37.5 cm³/mol. The van der Waals surface area contributed by atoms with Crippen molar-refractivity contribution in [2.24, 2.45) is 5.16 Å². The first kappa shape index (κ1) is 9.90. The highest BCUT2D eigenvalue weighted by molar-refractivity contribution is 6.37. The Morgan fingerprint density at radius 3 is 2.64 bits per heavy atom. The molecule has 11 heavy (non-hydrogen) atoms. The van der Waals surface area contributed by atoms with E-state index in [2.05, 4.69) is 9.99 Å². The first-order valence-electron chi connectivity index (χ1n) is 2.62. The van der Waals surface area contributed by atoms with E-state index >= 15 is 0 Å². The van der Waals surface area contributed by atoms with Crippen molar-refractivity contribution in [1.29, 1.82) is 0 Å². The second-order valence-corrected chi connectivity index (χ2v) is 2.05. The zero-order chi connectivity index (χ0) is 8.85. The summed E-state index contributed by atoms with van der Waals surface area (Å²) >= 11 is 5.16. The Hall–Kier alpha value is -1.10. The van der Waals surface area contributed by atoms with E-state index in [1.54, 1.807) is 0 Å². The monoisotopic (exact) mass is 179 g/mol. The molecule has 5 nitrogen and oxygen atoms in total. The summed E-state index contributed by atoms with van der Waals surface area (Å²) in [5.41, 5.74) is 0. The summed E-state index contributed by atoms with van der Waals surface area (Å²) in [5.74, 6) is -1.88. The van der Waals surface area contributed by atoms with Gasteiger partial charge in [-0.3, -0.25) is 4.79 Å². The van der Waals surface area contributed by atoms with E-state index in [0.29, 0.717) is 0 Å². The predicted octanol–water partition coefficient (Wildman–Crippen LogP) is 0.227. The molecule has 1 unspecified atom stereocenters. The summed E-state index contributed by atoms with van der Waals surface area (Å²) < 4.78 is 0. The largest absolute Gasteiger partial charge is 0.480 e. The average molecular weight is 180 g/mol. The number of nitrogens with zero attached hydrogens (tertiary/aromatic N) is 1. The van der Waals surface area contributed by atoms with Gasteiger partial charge in [0.25, 0.3) is 0 Å². The average Bonchev–Trinajstić information content (AvgIpc) is 1.86. The van der Waals surface area contributed by atoms with E-state index in [1.807, 2.05) is 0 Å². The number of halogens is 1. The van der Waals surface area contributed by atoms with Crippen LogP contribution in [0.5, 0.6) is 0 Å². The molecule has 0 heterocycles. The highest BCUT2D eigenvalue weighted by Gasteiger charge is 2.09. The van der Waals surface area contributed by atoms with Gasteiger partial charge >= 0.3 is 11.9 Å². The van der Waals surface area contributed by atoms with E-state index in [-0.39, 0.29) is 0 Å². The molecule has 1 N–H and O–H groups in total. The van der Waals surface area contributed by atoms with Gasteiger partial charge in [-0.05, 0) is 0 Å². The summed E-state index contributed by atoms with van der Waals surface area (Å²) in [5, 5.41) is 9.92. The Labute approximate surface area is 67.6 Å². The van der Waals surface area contributed by atoms with E-state index in [4.69, 9.17) is 16.7 Å². The van der Waals surface area contributed by atoms with E-state index < -0.39 is 17.3 Å². The van der Waals surface area contributed by atoms with Crippen molar-refractivity contribution in [3.8, 4) is 0 Å². The number of aliphatic carboxylic acids is 1. The number of carboxylic acid groups (broad SMARTS) is 1. The molecule has 0 aromatic rings. The van der Waals surface area contributed by atoms with Crippen molar-refractivity contribution < 1.29 is 19.5 Å². The van der Waals surface area contributed by atoms with Gasteiger partial charge in [0.2, 0.25) is 0 Å². The lowest BCUT2D eigenvalue weighted by molar-refractivity contribution is -0.141. The molecular weight excluding hydrogens is 174 g/mol. The summed E-state index contributed by atoms with van der Waals surface area (Å²) in [6.07, 6.45) is 0.811. The Morgan fingerprint density at radius 2 is 2.27 bits per heavy atom. The van der Waals surface area contributed by atoms with Gasteiger partial charge in [-0.25, -0.2) is 4.79 Å². The molecule has 0 bridgehead atoms. The maximum absolute atomic E-state index is 10.1. The molecule has 0 fully saturated rings. The number of alkyl halides is 1. The van der Waals surface area contributed by atoms with Crippen LogP contribution in [0.1, 0.15) is 6.92 Å². The Kier molecular flexibility index (Phi) is 4.21. The van der Waals surface area contributed by atoms with Crippen LogP contribution < -0.4 is 0 Å². The third-order valence-corrected chi connectivity index (χ3v) is 0.908. The van der Waals surface area contributed by atoms with Crippen molar-refractivity contribution in [1.82, 2.24) is 0 Å². The van der Waals surface area contributed by atoms with Crippen molar-refractivity contribution in [2.75, 3.05) is 0 Å². The van der Waals surface area contributed by atoms with Crippen LogP contribution >= 0.6 is 11.6 Å². The number of rotatable bonds is 3. The summed E-state index contributed by atoms with van der Waals surface area (Å²) in [4.78, 5) is 24.1. The lowest BCUT2D eigenvalue weighted by Gasteiger charge is -1.92. The minimum absolute atomic E-state index is 0.629. The van der Waals surface area contributed by atoms with Gasteiger partial charge in [-0.2, -0.15) is 0 Å². The van der Waals surface area contributed by atoms with Crippen LogP contribution in [0, 0.1) is 0 Å². The smallest absolute Gasteiger partial charge is 0.331 e. The first-order chi connectivity index (χ1) is 5.04. The normalized spacial score (nSPS) is 12.9. The molecular formula is C5H6ClNO4. The summed E-state index contributed by atoms with van der Waals surface area (Å²) in [6.45, 7) is 1.14. The number of carbonyl (C=O) groups excluding carboxylic acids is 1. The lowest BCUT2D eigenvalue weighted by Crippen LogP contribution is -2.14. The number of carboxylic acids is 1. The molecule has 0 spiro atoms. The van der Waals surface area contributed by atoms with E-state index in [1.165, 1.54) is 0 Å². The first-order valence-corrected chi connectivity index (χ1v) is 3.05. The van der Waals surface area contributed by atoms with Crippen molar-refractivity contribution in [3.05, 3.63) is 0 Å². The van der Waals surface area contributed by atoms with Gasteiger partial charge < -0.3 is 9.94 Å². The fourth-order valence-corrected chi connectivity index (χ4v) is 0.268. The molecule has 0 saturated carbocycles. The second-order valence-electron chi connectivity index (χ2n) is 1.58. The zero-order valence-electron chi connectivity index (χ0n) is 5.65. The van der Waals surface area contributed by atoms with Crippen molar-refractivity contribution in [2.45, 2.75) is 12.3 Å². The topological polar surface area (TPSA) is 76.0 Å². The number of hydrogen-bond donors (Lipinski definition) is 1. The Bertz CT molecular complexity index is 191. The molecule has 0 aromatic heterocycles. The maximum Gasteiger partial charge on any atom is 0.331 e. The summed E-state index contributed by atoms with van der Waals surface area (Å²) in [6, 6.07) is 0. The quantitative estimate of drug-likeness (QED) is 0.291. The third-order valence-electron chi connectivity index (χ3n) is 0.609. The van der Waals surface area contributed by atoms with Gasteiger partial charge in [0.1, 0.15) is 0 Å². The molecule has 0 amide bonds.